The van der Waals surface area contributed by atoms with Gasteiger partial charge in [0.1, 0.15) is 5.70 Å². The summed E-state index contributed by atoms with van der Waals surface area (Å²) in [5.41, 5.74) is 1.45. The number of rotatable bonds is 4. The maximum absolute atomic E-state index is 12.6. The molecule has 128 valence electrons. The first-order valence-electron chi connectivity index (χ1n) is 7.39. The molecule has 6 nitrogen and oxygen atoms in total. The number of hydrogen-bond acceptors (Lipinski definition) is 4. The Morgan fingerprint density at radius 1 is 1.08 bits per heavy atom. The van der Waals surface area contributed by atoms with Gasteiger partial charge in [-0.25, -0.2) is 9.69 Å². The molecule has 0 aromatic heterocycles. The number of para-hydroxylation sites is 1. The van der Waals surface area contributed by atoms with Crippen LogP contribution in [0.3, 0.4) is 0 Å². The van der Waals surface area contributed by atoms with Gasteiger partial charge in [-0.1, -0.05) is 18.2 Å². The Bertz CT molecular complexity index is 865. The quantitative estimate of drug-likeness (QED) is 0.441. The third-order valence-electron chi connectivity index (χ3n) is 3.66. The number of hydrogen-bond donors (Lipinski definition) is 1. The van der Waals surface area contributed by atoms with Crippen molar-refractivity contribution >= 4 is 46.3 Å². The molecule has 1 heterocycles. The minimum Gasteiger partial charge on any atom is -0.493 e. The third-order valence-corrected chi connectivity index (χ3v) is 4.46. The standard InChI is InChI=1S/C18H15IN2O4/c1-24-15-10-11(8-13(19)16(15)25-2)9-14-17(22)21(18(23)20-14)12-6-4-3-5-7-12/h3-10H,1-2H3,(H,20,23)/b14-9+. The van der Waals surface area contributed by atoms with E-state index in [1.54, 1.807) is 50.6 Å². The second kappa shape index (κ2) is 7.14. The van der Waals surface area contributed by atoms with Crippen LogP contribution in [-0.2, 0) is 4.79 Å². The first-order valence-corrected chi connectivity index (χ1v) is 8.46. The smallest absolute Gasteiger partial charge is 0.333 e. The normalized spacial score (nSPS) is 15.5. The molecule has 0 unspecified atom stereocenters. The van der Waals surface area contributed by atoms with Crippen molar-refractivity contribution in [3.05, 3.63) is 57.3 Å². The van der Waals surface area contributed by atoms with E-state index in [0.717, 1.165) is 14.0 Å². The van der Waals surface area contributed by atoms with Crippen LogP contribution in [-0.4, -0.2) is 26.2 Å². The predicted molar refractivity (Wildman–Crippen MR) is 103 cm³/mol. The molecule has 1 aliphatic rings. The number of amides is 3. The predicted octanol–water partition coefficient (Wildman–Crippen LogP) is 3.41. The van der Waals surface area contributed by atoms with Crippen LogP contribution in [0.25, 0.3) is 6.08 Å². The highest BCUT2D eigenvalue weighted by Gasteiger charge is 2.34. The van der Waals surface area contributed by atoms with Gasteiger partial charge >= 0.3 is 6.03 Å². The van der Waals surface area contributed by atoms with Gasteiger partial charge in [0.05, 0.1) is 23.5 Å². The molecule has 2 aromatic carbocycles. The first kappa shape index (κ1) is 17.3. The molecule has 0 atom stereocenters. The number of methoxy groups -OCH3 is 2. The van der Waals surface area contributed by atoms with Gasteiger partial charge in [-0.2, -0.15) is 0 Å². The van der Waals surface area contributed by atoms with Crippen molar-refractivity contribution < 1.29 is 19.1 Å². The molecule has 3 amide bonds. The molecule has 0 radical (unpaired) electrons. The Hall–Kier alpha value is -2.55. The van der Waals surface area contributed by atoms with Crippen LogP contribution in [0.4, 0.5) is 10.5 Å². The summed E-state index contributed by atoms with van der Waals surface area (Å²) in [6, 6.07) is 11.9. The van der Waals surface area contributed by atoms with Crippen LogP contribution < -0.4 is 19.7 Å². The van der Waals surface area contributed by atoms with Gasteiger partial charge in [0.25, 0.3) is 5.91 Å². The van der Waals surface area contributed by atoms with Gasteiger partial charge < -0.3 is 14.8 Å². The van der Waals surface area contributed by atoms with Gasteiger partial charge in [-0.05, 0) is 58.5 Å². The minimum atomic E-state index is -0.474. The summed E-state index contributed by atoms with van der Waals surface area (Å²) >= 11 is 2.13. The number of anilines is 1. The number of imide groups is 1. The zero-order valence-corrected chi connectivity index (χ0v) is 15.7. The molecule has 1 saturated heterocycles. The van der Waals surface area contributed by atoms with Crippen LogP contribution in [0.15, 0.2) is 48.2 Å². The van der Waals surface area contributed by atoms with Crippen molar-refractivity contribution in [2.24, 2.45) is 0 Å². The number of halogens is 1. The van der Waals surface area contributed by atoms with E-state index < -0.39 is 11.9 Å². The number of nitrogens with zero attached hydrogens (tertiary/aromatic N) is 1. The fraction of sp³-hybridized carbons (Fsp3) is 0.111. The van der Waals surface area contributed by atoms with Crippen LogP contribution >= 0.6 is 22.6 Å². The Balaban J connectivity index is 1.96. The lowest BCUT2D eigenvalue weighted by molar-refractivity contribution is -0.113. The van der Waals surface area contributed by atoms with E-state index in [-0.39, 0.29) is 5.70 Å². The molecule has 1 N–H and O–H groups in total. The summed E-state index contributed by atoms with van der Waals surface area (Å²) in [5.74, 6) is 0.775. The molecule has 3 rings (SSSR count). The van der Waals surface area contributed by atoms with Crippen molar-refractivity contribution in [3.8, 4) is 11.5 Å². The van der Waals surface area contributed by atoms with Crippen LogP contribution in [0, 0.1) is 3.57 Å². The number of benzene rings is 2. The number of ether oxygens (including phenoxy) is 2. The molecular formula is C18H15IN2O4. The SMILES string of the molecule is COc1cc(/C=C2/NC(=O)N(c3ccccc3)C2=O)cc(I)c1OC. The van der Waals surface area contributed by atoms with E-state index in [1.807, 2.05) is 12.1 Å². The molecule has 25 heavy (non-hydrogen) atoms. The monoisotopic (exact) mass is 450 g/mol. The maximum atomic E-state index is 12.6. The van der Waals surface area contributed by atoms with Crippen molar-refractivity contribution in [3.63, 3.8) is 0 Å². The number of carbonyl (C=O) groups excluding carboxylic acids is 2. The summed E-state index contributed by atoms with van der Waals surface area (Å²) < 4.78 is 11.5. The first-order chi connectivity index (χ1) is 12.0. The van der Waals surface area contributed by atoms with Crippen molar-refractivity contribution in [1.29, 1.82) is 0 Å². The summed E-state index contributed by atoms with van der Waals surface area (Å²) in [6.45, 7) is 0. The second-order valence-electron chi connectivity index (χ2n) is 5.20. The highest BCUT2D eigenvalue weighted by molar-refractivity contribution is 14.1. The zero-order chi connectivity index (χ0) is 18.0. The van der Waals surface area contributed by atoms with Crippen LogP contribution in [0.1, 0.15) is 5.56 Å². The van der Waals surface area contributed by atoms with Gasteiger partial charge in [0.15, 0.2) is 11.5 Å². The topological polar surface area (TPSA) is 67.9 Å². The highest BCUT2D eigenvalue weighted by atomic mass is 127. The molecule has 0 bridgehead atoms. The summed E-state index contributed by atoms with van der Waals surface area (Å²) in [4.78, 5) is 25.9. The lowest BCUT2D eigenvalue weighted by atomic mass is 10.1. The van der Waals surface area contributed by atoms with Crippen molar-refractivity contribution in [1.82, 2.24) is 5.32 Å². The Labute approximate surface area is 158 Å². The van der Waals surface area contributed by atoms with Gasteiger partial charge in [-0.3, -0.25) is 4.79 Å². The summed E-state index contributed by atoms with van der Waals surface area (Å²) in [5, 5.41) is 2.61. The number of nitrogens with one attached hydrogen (secondary N) is 1. The Morgan fingerprint density at radius 2 is 1.80 bits per heavy atom. The van der Waals surface area contributed by atoms with E-state index in [9.17, 15) is 9.59 Å². The fourth-order valence-electron chi connectivity index (χ4n) is 2.53. The molecule has 2 aromatic rings. The van der Waals surface area contributed by atoms with Gasteiger partial charge in [0.2, 0.25) is 0 Å². The maximum Gasteiger partial charge on any atom is 0.333 e. The minimum absolute atomic E-state index is 0.205. The average molecular weight is 450 g/mol. The molecule has 0 aliphatic carbocycles. The molecule has 1 aliphatic heterocycles. The van der Waals surface area contributed by atoms with E-state index in [2.05, 4.69) is 27.9 Å². The average Bonchev–Trinajstić information content (AvgIpc) is 2.88. The van der Waals surface area contributed by atoms with E-state index >= 15 is 0 Å². The lowest BCUT2D eigenvalue weighted by Crippen LogP contribution is -2.30. The van der Waals surface area contributed by atoms with E-state index in [4.69, 9.17) is 9.47 Å². The fourth-order valence-corrected chi connectivity index (χ4v) is 3.38. The van der Waals surface area contributed by atoms with Crippen molar-refractivity contribution in [2.45, 2.75) is 0 Å². The molecular weight excluding hydrogens is 435 g/mol. The largest absolute Gasteiger partial charge is 0.493 e. The van der Waals surface area contributed by atoms with Crippen LogP contribution in [0.2, 0.25) is 0 Å². The van der Waals surface area contributed by atoms with E-state index in [1.165, 1.54) is 0 Å². The molecule has 7 heteroatoms. The van der Waals surface area contributed by atoms with Gasteiger partial charge in [-0.15, -0.1) is 0 Å². The van der Waals surface area contributed by atoms with E-state index in [0.29, 0.717) is 17.2 Å². The third kappa shape index (κ3) is 3.32. The Morgan fingerprint density at radius 3 is 2.44 bits per heavy atom. The summed E-state index contributed by atoms with van der Waals surface area (Å²) in [6.07, 6.45) is 1.62. The lowest BCUT2D eigenvalue weighted by Gasteiger charge is -2.11. The molecule has 0 saturated carbocycles. The molecule has 0 spiro atoms. The van der Waals surface area contributed by atoms with Crippen molar-refractivity contribution in [2.75, 3.05) is 19.1 Å². The van der Waals surface area contributed by atoms with Gasteiger partial charge in [0, 0.05) is 0 Å². The molecule has 1 fully saturated rings. The Kier molecular flexibility index (Phi) is 4.93. The van der Waals surface area contributed by atoms with Crippen LogP contribution in [0.5, 0.6) is 11.5 Å². The zero-order valence-electron chi connectivity index (χ0n) is 13.6. The number of carbonyl (C=O) groups is 2. The number of urea groups is 1. The highest BCUT2D eigenvalue weighted by Crippen LogP contribution is 2.34. The second-order valence-corrected chi connectivity index (χ2v) is 6.36. The summed E-state index contributed by atoms with van der Waals surface area (Å²) in [7, 11) is 3.11.